The molecule has 2 aromatic carbocycles. The lowest BCUT2D eigenvalue weighted by Gasteiger charge is -2.11. The van der Waals surface area contributed by atoms with Gasteiger partial charge in [0.15, 0.2) is 6.61 Å². The summed E-state index contributed by atoms with van der Waals surface area (Å²) in [7, 11) is 1.55. The summed E-state index contributed by atoms with van der Waals surface area (Å²) in [5.74, 6) is -0.346. The van der Waals surface area contributed by atoms with Gasteiger partial charge in [0.1, 0.15) is 5.75 Å². The Bertz CT molecular complexity index is 755. The zero-order chi connectivity index (χ0) is 18.9. The van der Waals surface area contributed by atoms with Crippen LogP contribution in [0.2, 0.25) is 0 Å². The van der Waals surface area contributed by atoms with Gasteiger partial charge in [-0.2, -0.15) is 0 Å². The molecule has 6 heteroatoms. The van der Waals surface area contributed by atoms with E-state index in [1.807, 2.05) is 26.0 Å². The van der Waals surface area contributed by atoms with E-state index in [4.69, 9.17) is 14.2 Å². The van der Waals surface area contributed by atoms with Crippen LogP contribution in [0.1, 0.15) is 28.4 Å². The number of hydrogen-bond donors (Lipinski definition) is 1. The average molecular weight is 357 g/mol. The minimum Gasteiger partial charge on any atom is -0.496 e. The van der Waals surface area contributed by atoms with Crippen molar-refractivity contribution >= 4 is 17.6 Å². The summed E-state index contributed by atoms with van der Waals surface area (Å²) in [6.45, 7) is 4.37. The first-order chi connectivity index (χ1) is 12.5. The number of rotatable bonds is 8. The number of carbonyl (C=O) groups is 2. The summed E-state index contributed by atoms with van der Waals surface area (Å²) in [4.78, 5) is 24.1. The van der Waals surface area contributed by atoms with Crippen LogP contribution in [0.3, 0.4) is 0 Å². The van der Waals surface area contributed by atoms with E-state index < -0.39 is 11.9 Å². The third-order valence-corrected chi connectivity index (χ3v) is 3.65. The third-order valence-electron chi connectivity index (χ3n) is 3.65. The van der Waals surface area contributed by atoms with Gasteiger partial charge in [-0.3, -0.25) is 4.79 Å². The smallest absolute Gasteiger partial charge is 0.338 e. The molecule has 0 aliphatic heterocycles. The molecule has 0 radical (unpaired) electrons. The largest absolute Gasteiger partial charge is 0.496 e. The van der Waals surface area contributed by atoms with E-state index in [1.54, 1.807) is 37.4 Å². The fraction of sp³-hybridized carbons (Fsp3) is 0.300. The Hall–Kier alpha value is -2.86. The summed E-state index contributed by atoms with van der Waals surface area (Å²) < 4.78 is 15.7. The zero-order valence-corrected chi connectivity index (χ0v) is 15.2. The fourth-order valence-corrected chi connectivity index (χ4v) is 2.28. The molecule has 6 nitrogen and oxygen atoms in total. The lowest BCUT2D eigenvalue weighted by molar-refractivity contribution is -0.119. The molecular formula is C20H23NO5. The highest BCUT2D eigenvalue weighted by molar-refractivity contribution is 5.95. The van der Waals surface area contributed by atoms with Crippen molar-refractivity contribution in [3.63, 3.8) is 0 Å². The minimum atomic E-state index is -0.579. The van der Waals surface area contributed by atoms with Gasteiger partial charge < -0.3 is 19.5 Å². The molecule has 138 valence electrons. The summed E-state index contributed by atoms with van der Waals surface area (Å²) >= 11 is 0. The number of anilines is 1. The number of esters is 1. The van der Waals surface area contributed by atoms with Crippen molar-refractivity contribution in [1.29, 1.82) is 0 Å². The first-order valence-electron chi connectivity index (χ1n) is 8.31. The van der Waals surface area contributed by atoms with Crippen molar-refractivity contribution in [2.45, 2.75) is 20.5 Å². The predicted molar refractivity (Wildman–Crippen MR) is 98.4 cm³/mol. The van der Waals surface area contributed by atoms with E-state index in [2.05, 4.69) is 5.32 Å². The maximum atomic E-state index is 12.2. The third kappa shape index (κ3) is 5.60. The second kappa shape index (κ2) is 9.58. The molecule has 26 heavy (non-hydrogen) atoms. The van der Waals surface area contributed by atoms with E-state index >= 15 is 0 Å². The van der Waals surface area contributed by atoms with Crippen molar-refractivity contribution in [3.05, 3.63) is 59.2 Å². The van der Waals surface area contributed by atoms with Crippen LogP contribution in [0.15, 0.2) is 42.5 Å². The summed E-state index contributed by atoms with van der Waals surface area (Å²) in [6, 6.07) is 12.3. The number of ether oxygens (including phenoxy) is 3. The zero-order valence-electron chi connectivity index (χ0n) is 15.2. The SMILES string of the molecule is CCOCc1cc(C(=O)OCC(=O)Nc2ccc(C)cc2)ccc1OC. The van der Waals surface area contributed by atoms with Crippen LogP contribution >= 0.6 is 0 Å². The molecule has 2 aromatic rings. The normalized spacial score (nSPS) is 10.3. The van der Waals surface area contributed by atoms with E-state index in [0.29, 0.717) is 30.2 Å². The van der Waals surface area contributed by atoms with Crippen molar-refractivity contribution < 1.29 is 23.8 Å². The van der Waals surface area contributed by atoms with E-state index in [9.17, 15) is 9.59 Å². The Balaban J connectivity index is 1.94. The number of benzene rings is 2. The van der Waals surface area contributed by atoms with Gasteiger partial charge in [-0.25, -0.2) is 4.79 Å². The number of aryl methyl sites for hydroxylation is 1. The molecule has 0 unspecified atom stereocenters. The summed E-state index contributed by atoms with van der Waals surface area (Å²) in [5.41, 5.74) is 2.83. The van der Waals surface area contributed by atoms with Crippen LogP contribution in [0.5, 0.6) is 5.75 Å². The highest BCUT2D eigenvalue weighted by atomic mass is 16.5. The molecule has 0 aliphatic carbocycles. The first kappa shape index (κ1) is 19.5. The van der Waals surface area contributed by atoms with E-state index in [1.165, 1.54) is 0 Å². The quantitative estimate of drug-likeness (QED) is 0.734. The van der Waals surface area contributed by atoms with Crippen LogP contribution in [-0.2, 0) is 20.9 Å². The maximum absolute atomic E-state index is 12.2. The Morgan fingerprint density at radius 2 is 1.81 bits per heavy atom. The van der Waals surface area contributed by atoms with E-state index in [0.717, 1.165) is 11.1 Å². The molecule has 0 spiro atoms. The monoisotopic (exact) mass is 357 g/mol. The molecule has 0 aliphatic rings. The van der Waals surface area contributed by atoms with Gasteiger partial charge >= 0.3 is 5.97 Å². The van der Waals surface area contributed by atoms with Crippen LogP contribution in [-0.4, -0.2) is 32.2 Å². The molecule has 1 amide bonds. The van der Waals surface area contributed by atoms with Crippen molar-refractivity contribution in [3.8, 4) is 5.75 Å². The van der Waals surface area contributed by atoms with Crippen LogP contribution in [0.4, 0.5) is 5.69 Å². The molecular weight excluding hydrogens is 334 g/mol. The molecule has 1 N–H and O–H groups in total. The maximum Gasteiger partial charge on any atom is 0.338 e. The number of carbonyl (C=O) groups excluding carboxylic acids is 2. The van der Waals surface area contributed by atoms with Gasteiger partial charge in [0.2, 0.25) is 0 Å². The summed E-state index contributed by atoms with van der Waals surface area (Å²) in [5, 5.41) is 2.68. The average Bonchev–Trinajstić information content (AvgIpc) is 2.66. The molecule has 2 rings (SSSR count). The standard InChI is InChI=1S/C20H23NO5/c1-4-25-12-16-11-15(7-10-18(16)24-3)20(23)26-13-19(22)21-17-8-5-14(2)6-9-17/h5-11H,4,12-13H2,1-3H3,(H,21,22). The molecule has 0 fully saturated rings. The highest BCUT2D eigenvalue weighted by Gasteiger charge is 2.13. The number of hydrogen-bond acceptors (Lipinski definition) is 5. The van der Waals surface area contributed by atoms with Crippen LogP contribution < -0.4 is 10.1 Å². The van der Waals surface area contributed by atoms with Gasteiger partial charge in [-0.05, 0) is 44.2 Å². The van der Waals surface area contributed by atoms with Gasteiger partial charge in [0, 0.05) is 17.9 Å². The lowest BCUT2D eigenvalue weighted by atomic mass is 10.1. The second-order valence-electron chi connectivity index (χ2n) is 5.65. The Labute approximate surface area is 153 Å². The second-order valence-corrected chi connectivity index (χ2v) is 5.65. The Morgan fingerprint density at radius 1 is 1.08 bits per heavy atom. The molecule has 0 aromatic heterocycles. The van der Waals surface area contributed by atoms with Gasteiger partial charge in [0.25, 0.3) is 5.91 Å². The van der Waals surface area contributed by atoms with Gasteiger partial charge in [-0.15, -0.1) is 0 Å². The van der Waals surface area contributed by atoms with Crippen LogP contribution in [0, 0.1) is 6.92 Å². The molecule has 0 saturated heterocycles. The minimum absolute atomic E-state index is 0.328. The Kier molecular flexibility index (Phi) is 7.17. The molecule has 0 atom stereocenters. The summed E-state index contributed by atoms with van der Waals surface area (Å²) in [6.07, 6.45) is 0. The number of methoxy groups -OCH3 is 1. The van der Waals surface area contributed by atoms with Gasteiger partial charge in [-0.1, -0.05) is 17.7 Å². The van der Waals surface area contributed by atoms with E-state index in [-0.39, 0.29) is 6.61 Å². The number of nitrogens with one attached hydrogen (secondary N) is 1. The Morgan fingerprint density at radius 3 is 2.46 bits per heavy atom. The van der Waals surface area contributed by atoms with Crippen molar-refractivity contribution in [2.75, 3.05) is 25.6 Å². The topological polar surface area (TPSA) is 73.9 Å². The van der Waals surface area contributed by atoms with Crippen molar-refractivity contribution in [2.24, 2.45) is 0 Å². The van der Waals surface area contributed by atoms with Crippen LogP contribution in [0.25, 0.3) is 0 Å². The molecule has 0 saturated carbocycles. The number of amides is 1. The fourth-order valence-electron chi connectivity index (χ4n) is 2.28. The predicted octanol–water partition coefficient (Wildman–Crippen LogP) is 3.34. The van der Waals surface area contributed by atoms with Gasteiger partial charge in [0.05, 0.1) is 19.3 Å². The molecule has 0 heterocycles. The first-order valence-corrected chi connectivity index (χ1v) is 8.31. The highest BCUT2D eigenvalue weighted by Crippen LogP contribution is 2.21. The lowest BCUT2D eigenvalue weighted by Crippen LogP contribution is -2.21. The van der Waals surface area contributed by atoms with Crippen molar-refractivity contribution in [1.82, 2.24) is 0 Å². The molecule has 0 bridgehead atoms.